The highest BCUT2D eigenvalue weighted by Gasteiger charge is 2.32. The van der Waals surface area contributed by atoms with Gasteiger partial charge in [-0.1, -0.05) is 18.1 Å². The van der Waals surface area contributed by atoms with E-state index >= 15 is 0 Å². The molecule has 206 valence electrons. The number of hydrogen-bond donors (Lipinski definition) is 0. The molecule has 0 N–H and O–H groups in total. The first-order valence-corrected chi connectivity index (χ1v) is 14.3. The Balaban J connectivity index is 1.44. The van der Waals surface area contributed by atoms with Gasteiger partial charge in [0, 0.05) is 49.5 Å². The van der Waals surface area contributed by atoms with Gasteiger partial charge >= 0.3 is 6.01 Å². The number of nitrogens with zero attached hydrogens (tertiary/aromatic N) is 7. The zero-order chi connectivity index (χ0) is 27.4. The van der Waals surface area contributed by atoms with Gasteiger partial charge in [-0.25, -0.2) is 0 Å². The molecule has 2 aromatic rings. The first-order valence-electron chi connectivity index (χ1n) is 14.3. The highest BCUT2D eigenvalue weighted by molar-refractivity contribution is 5.60. The average molecular weight is 528 g/mol. The molecule has 2 atom stereocenters. The highest BCUT2D eigenvalue weighted by Crippen LogP contribution is 2.34. The van der Waals surface area contributed by atoms with Crippen LogP contribution < -0.4 is 14.5 Å². The van der Waals surface area contributed by atoms with Gasteiger partial charge in [0.2, 0.25) is 0 Å². The Morgan fingerprint density at radius 2 is 1.95 bits per heavy atom. The zero-order valence-electron chi connectivity index (χ0n) is 23.9. The lowest BCUT2D eigenvalue weighted by Gasteiger charge is -2.42. The van der Waals surface area contributed by atoms with E-state index in [9.17, 15) is 5.26 Å². The molecule has 0 amide bonds. The topological polar surface area (TPSA) is 71.8 Å². The fourth-order valence-corrected chi connectivity index (χ4v) is 6.13. The second kappa shape index (κ2) is 12.2. The van der Waals surface area contributed by atoms with E-state index in [1.807, 2.05) is 6.92 Å². The molecule has 0 spiro atoms. The summed E-state index contributed by atoms with van der Waals surface area (Å²) in [5.41, 5.74) is 6.18. The summed E-state index contributed by atoms with van der Waals surface area (Å²) >= 11 is 0. The summed E-state index contributed by atoms with van der Waals surface area (Å²) in [6.07, 6.45) is 3.72. The Kier molecular flexibility index (Phi) is 8.55. The van der Waals surface area contributed by atoms with Crippen LogP contribution in [0.5, 0.6) is 6.01 Å². The van der Waals surface area contributed by atoms with Crippen molar-refractivity contribution in [2.45, 2.75) is 65.1 Å². The number of ether oxygens (including phenoxy) is 1. The Hall–Kier alpha value is -3.33. The van der Waals surface area contributed by atoms with Crippen LogP contribution in [-0.2, 0) is 13.0 Å². The minimum Gasteiger partial charge on any atom is -0.462 e. The van der Waals surface area contributed by atoms with Crippen LogP contribution in [0.2, 0.25) is 0 Å². The number of nitriles is 1. The van der Waals surface area contributed by atoms with E-state index in [2.05, 4.69) is 76.6 Å². The van der Waals surface area contributed by atoms with E-state index in [-0.39, 0.29) is 6.04 Å². The number of rotatable bonds is 7. The van der Waals surface area contributed by atoms with Crippen LogP contribution in [0.25, 0.3) is 0 Å². The van der Waals surface area contributed by atoms with Crippen molar-refractivity contribution in [2.24, 2.45) is 0 Å². The van der Waals surface area contributed by atoms with E-state index in [0.29, 0.717) is 31.6 Å². The standard InChI is InChI=1S/C31H41N7O/c1-5-6-16-36-18-19-38(20-25(36)12-14-32)30-27-13-17-37(29-11-7-9-23(2)24(29)3)21-28(27)33-31(34-30)39-22-26-10-8-15-35(26)4/h7,9,11,25-26H,8,10,12-13,15-22H2,1-4H3. The molecule has 8 heteroatoms. The molecule has 0 saturated carbocycles. The van der Waals surface area contributed by atoms with Crippen molar-refractivity contribution >= 4 is 11.5 Å². The summed E-state index contributed by atoms with van der Waals surface area (Å²) in [7, 11) is 2.17. The van der Waals surface area contributed by atoms with Gasteiger partial charge in [0.15, 0.2) is 0 Å². The van der Waals surface area contributed by atoms with Crippen molar-refractivity contribution in [3.8, 4) is 23.9 Å². The summed E-state index contributed by atoms with van der Waals surface area (Å²) in [6.45, 7) is 12.8. The summed E-state index contributed by atoms with van der Waals surface area (Å²) in [6, 6.07) is 9.93. The maximum Gasteiger partial charge on any atom is 0.318 e. The monoisotopic (exact) mass is 527 g/mol. The average Bonchev–Trinajstić information content (AvgIpc) is 3.36. The normalized spacial score (nSPS) is 21.7. The number of likely N-dealkylation sites (tertiary alicyclic amines) is 1. The van der Waals surface area contributed by atoms with Gasteiger partial charge in [0.1, 0.15) is 12.4 Å². The van der Waals surface area contributed by atoms with E-state index in [4.69, 9.17) is 14.7 Å². The minimum absolute atomic E-state index is 0.127. The highest BCUT2D eigenvalue weighted by atomic mass is 16.5. The molecule has 3 aliphatic rings. The molecule has 0 radical (unpaired) electrons. The first kappa shape index (κ1) is 27.2. The maximum absolute atomic E-state index is 9.54. The third kappa shape index (κ3) is 5.98. The van der Waals surface area contributed by atoms with Gasteiger partial charge < -0.3 is 19.4 Å². The van der Waals surface area contributed by atoms with Crippen molar-refractivity contribution in [3.63, 3.8) is 0 Å². The van der Waals surface area contributed by atoms with Crippen LogP contribution in [0.1, 0.15) is 48.6 Å². The minimum atomic E-state index is 0.127. The number of aromatic nitrogens is 2. The number of anilines is 2. The number of piperazine rings is 1. The molecule has 2 unspecified atom stereocenters. The number of hydrogen-bond acceptors (Lipinski definition) is 8. The van der Waals surface area contributed by atoms with Crippen LogP contribution in [0, 0.1) is 37.0 Å². The second-order valence-corrected chi connectivity index (χ2v) is 11.1. The lowest BCUT2D eigenvalue weighted by Crippen LogP contribution is -2.53. The molecule has 8 nitrogen and oxygen atoms in total. The zero-order valence-corrected chi connectivity index (χ0v) is 23.9. The smallest absolute Gasteiger partial charge is 0.318 e. The number of likely N-dealkylation sites (N-methyl/N-ethyl adjacent to an activating group) is 1. The summed E-state index contributed by atoms with van der Waals surface area (Å²) < 4.78 is 6.30. The Bertz CT molecular complexity index is 1280. The fourth-order valence-electron chi connectivity index (χ4n) is 6.13. The van der Waals surface area contributed by atoms with Crippen molar-refractivity contribution in [2.75, 3.05) is 62.7 Å². The third-order valence-electron chi connectivity index (χ3n) is 8.71. The van der Waals surface area contributed by atoms with Crippen LogP contribution in [-0.4, -0.2) is 84.8 Å². The van der Waals surface area contributed by atoms with E-state index in [1.54, 1.807) is 0 Å². The van der Waals surface area contributed by atoms with Crippen molar-refractivity contribution in [3.05, 3.63) is 40.6 Å². The lowest BCUT2D eigenvalue weighted by molar-refractivity contribution is 0.186. The molecule has 2 fully saturated rings. The molecule has 3 aliphatic heterocycles. The van der Waals surface area contributed by atoms with E-state index in [0.717, 1.165) is 63.6 Å². The molecule has 39 heavy (non-hydrogen) atoms. The van der Waals surface area contributed by atoms with Crippen LogP contribution in [0.4, 0.5) is 11.5 Å². The van der Waals surface area contributed by atoms with Gasteiger partial charge in [-0.15, -0.1) is 5.92 Å². The largest absolute Gasteiger partial charge is 0.462 e. The molecule has 0 bridgehead atoms. The Morgan fingerprint density at radius 3 is 2.72 bits per heavy atom. The van der Waals surface area contributed by atoms with Gasteiger partial charge in [-0.05, 0) is 70.8 Å². The second-order valence-electron chi connectivity index (χ2n) is 11.1. The molecular formula is C31H41N7O. The summed E-state index contributed by atoms with van der Waals surface area (Å²) in [5, 5.41) is 9.54. The van der Waals surface area contributed by atoms with Crippen molar-refractivity contribution in [1.29, 1.82) is 5.26 Å². The Labute approximate surface area is 233 Å². The Morgan fingerprint density at radius 1 is 1.08 bits per heavy atom. The van der Waals surface area contributed by atoms with Crippen LogP contribution in [0.15, 0.2) is 18.2 Å². The van der Waals surface area contributed by atoms with E-state index in [1.165, 1.54) is 28.8 Å². The molecule has 0 aliphatic carbocycles. The maximum atomic E-state index is 9.54. The summed E-state index contributed by atoms with van der Waals surface area (Å²) in [4.78, 5) is 19.5. The predicted octanol–water partition coefficient (Wildman–Crippen LogP) is 3.56. The first-order chi connectivity index (χ1) is 19.0. The number of fused-ring (bicyclic) bond motifs is 1. The van der Waals surface area contributed by atoms with Crippen LogP contribution in [0.3, 0.4) is 0 Å². The fraction of sp³-hybridized carbons (Fsp3) is 0.581. The molecule has 1 aromatic heterocycles. The number of aryl methyl sites for hydroxylation is 1. The predicted molar refractivity (Wildman–Crippen MR) is 155 cm³/mol. The van der Waals surface area contributed by atoms with Gasteiger partial charge in [0.05, 0.1) is 31.3 Å². The van der Waals surface area contributed by atoms with E-state index < -0.39 is 0 Å². The molecule has 1 aromatic carbocycles. The quantitative estimate of drug-likeness (QED) is 0.507. The van der Waals surface area contributed by atoms with Crippen LogP contribution >= 0.6 is 0 Å². The van der Waals surface area contributed by atoms with Gasteiger partial charge in [-0.3, -0.25) is 4.90 Å². The summed E-state index contributed by atoms with van der Waals surface area (Å²) in [5.74, 6) is 7.18. The van der Waals surface area contributed by atoms with Gasteiger partial charge in [-0.2, -0.15) is 15.2 Å². The SMILES string of the molecule is CC#CCN1CCN(c2nc(OCC3CCCN3C)nc3c2CCN(c2cccc(C)c2C)C3)CC1CC#N. The number of benzene rings is 1. The molecule has 2 saturated heterocycles. The molecular weight excluding hydrogens is 486 g/mol. The van der Waals surface area contributed by atoms with Gasteiger partial charge in [0.25, 0.3) is 0 Å². The van der Waals surface area contributed by atoms with Crippen molar-refractivity contribution in [1.82, 2.24) is 19.8 Å². The molecule has 4 heterocycles. The van der Waals surface area contributed by atoms with Crippen molar-refractivity contribution < 1.29 is 4.74 Å². The molecule has 5 rings (SSSR count). The lowest BCUT2D eigenvalue weighted by atomic mass is 10.0. The third-order valence-corrected chi connectivity index (χ3v) is 8.71.